The lowest BCUT2D eigenvalue weighted by Gasteiger charge is -2.13. The van der Waals surface area contributed by atoms with Crippen molar-refractivity contribution in [3.05, 3.63) is 77.7 Å². The van der Waals surface area contributed by atoms with Gasteiger partial charge in [-0.1, -0.05) is 17.7 Å². The van der Waals surface area contributed by atoms with Crippen LogP contribution in [0.15, 0.2) is 67.0 Å². The second-order valence-electron chi connectivity index (χ2n) is 6.17. The smallest absolute Gasteiger partial charge is 0.406 e. The molecule has 10 heteroatoms. The van der Waals surface area contributed by atoms with Gasteiger partial charge in [0, 0.05) is 22.3 Å². The molecule has 1 N–H and O–H groups in total. The van der Waals surface area contributed by atoms with Crippen LogP contribution in [0.5, 0.6) is 5.75 Å². The van der Waals surface area contributed by atoms with Crippen molar-refractivity contribution in [2.45, 2.75) is 6.18 Å². The molecular formula is C20H12ClF3N4O2. The first-order chi connectivity index (χ1) is 14.3. The fraction of sp³-hybridized carbons (Fsp3) is 0.0500. The molecule has 0 aliphatic carbocycles. The highest BCUT2D eigenvalue weighted by Crippen LogP contribution is 2.38. The molecule has 0 atom stereocenters. The fourth-order valence-corrected chi connectivity index (χ4v) is 2.97. The average Bonchev–Trinajstić information content (AvgIpc) is 3.12. The zero-order valence-corrected chi connectivity index (χ0v) is 15.8. The van der Waals surface area contributed by atoms with Crippen LogP contribution in [-0.4, -0.2) is 20.9 Å². The van der Waals surface area contributed by atoms with Crippen LogP contribution in [0.3, 0.4) is 0 Å². The van der Waals surface area contributed by atoms with E-state index in [9.17, 15) is 18.0 Å². The maximum absolute atomic E-state index is 13.7. The quantitative estimate of drug-likeness (QED) is 0.450. The molecule has 0 spiro atoms. The van der Waals surface area contributed by atoms with E-state index in [2.05, 4.69) is 15.4 Å². The van der Waals surface area contributed by atoms with Crippen molar-refractivity contribution in [1.29, 1.82) is 0 Å². The van der Waals surface area contributed by atoms with Gasteiger partial charge in [0.05, 0.1) is 17.4 Å². The first-order valence-corrected chi connectivity index (χ1v) is 8.94. The Balaban J connectivity index is 1.60. The van der Waals surface area contributed by atoms with E-state index in [1.807, 2.05) is 0 Å². The summed E-state index contributed by atoms with van der Waals surface area (Å²) in [5, 5.41) is 7.24. The molecule has 1 amide bonds. The first-order valence-electron chi connectivity index (χ1n) is 8.56. The lowest BCUT2D eigenvalue weighted by molar-refractivity contribution is -0.143. The number of hydrogen-bond donors (Lipinski definition) is 1. The summed E-state index contributed by atoms with van der Waals surface area (Å²) in [5.41, 5.74) is -0.0501. The number of amides is 1. The fourth-order valence-electron chi connectivity index (χ4n) is 2.84. The van der Waals surface area contributed by atoms with Gasteiger partial charge in [-0.3, -0.25) is 10.3 Å². The SMILES string of the molecule is O=C(Nc1ccc2ncccc2c1)Oc1cnn(-c2ccc(Cl)cc2)c1C(F)(F)F. The number of halogens is 4. The third-order valence-electron chi connectivity index (χ3n) is 4.13. The van der Waals surface area contributed by atoms with E-state index >= 15 is 0 Å². The first kappa shape index (κ1) is 19.7. The van der Waals surface area contributed by atoms with Crippen LogP contribution >= 0.6 is 11.6 Å². The van der Waals surface area contributed by atoms with E-state index in [1.165, 1.54) is 24.3 Å². The van der Waals surface area contributed by atoms with Gasteiger partial charge in [-0.05, 0) is 48.5 Å². The number of pyridine rings is 1. The van der Waals surface area contributed by atoms with Crippen molar-refractivity contribution in [2.24, 2.45) is 0 Å². The summed E-state index contributed by atoms with van der Waals surface area (Å²) in [7, 11) is 0. The highest BCUT2D eigenvalue weighted by molar-refractivity contribution is 6.30. The Bertz CT molecular complexity index is 1220. The third-order valence-corrected chi connectivity index (χ3v) is 4.38. The molecule has 0 fully saturated rings. The van der Waals surface area contributed by atoms with E-state index in [4.69, 9.17) is 16.3 Å². The number of alkyl halides is 3. The third kappa shape index (κ3) is 4.06. The molecule has 152 valence electrons. The minimum absolute atomic E-state index is 0.115. The Morgan fingerprint density at radius 3 is 2.60 bits per heavy atom. The molecule has 2 aromatic heterocycles. The molecule has 0 aliphatic heterocycles. The number of fused-ring (bicyclic) bond motifs is 1. The zero-order chi connectivity index (χ0) is 21.3. The van der Waals surface area contributed by atoms with Gasteiger partial charge in [-0.25, -0.2) is 9.48 Å². The predicted octanol–water partition coefficient (Wildman–Crippen LogP) is 5.70. The second-order valence-corrected chi connectivity index (χ2v) is 6.61. The van der Waals surface area contributed by atoms with Gasteiger partial charge >= 0.3 is 12.3 Å². The number of nitrogens with zero attached hydrogens (tertiary/aromatic N) is 3. The van der Waals surface area contributed by atoms with E-state index in [1.54, 1.807) is 36.5 Å². The van der Waals surface area contributed by atoms with Crippen LogP contribution in [0, 0.1) is 0 Å². The van der Waals surface area contributed by atoms with E-state index in [0.29, 0.717) is 20.9 Å². The predicted molar refractivity (Wildman–Crippen MR) is 105 cm³/mol. The Labute approximate surface area is 172 Å². The molecule has 0 unspecified atom stereocenters. The number of nitrogens with one attached hydrogen (secondary N) is 1. The van der Waals surface area contributed by atoms with Crippen LogP contribution in [-0.2, 0) is 6.18 Å². The number of ether oxygens (including phenoxy) is 1. The molecule has 0 bridgehead atoms. The number of aromatic nitrogens is 3. The van der Waals surface area contributed by atoms with Gasteiger partial charge in [0.2, 0.25) is 0 Å². The molecular weight excluding hydrogens is 421 g/mol. The van der Waals surface area contributed by atoms with Crippen LogP contribution in [0.4, 0.5) is 23.7 Å². The molecule has 4 rings (SSSR count). The molecule has 2 heterocycles. The van der Waals surface area contributed by atoms with Gasteiger partial charge in [0.15, 0.2) is 11.4 Å². The lowest BCUT2D eigenvalue weighted by Crippen LogP contribution is -2.20. The normalized spacial score (nSPS) is 11.5. The number of hydrogen-bond acceptors (Lipinski definition) is 4. The van der Waals surface area contributed by atoms with Crippen molar-refractivity contribution in [3.63, 3.8) is 0 Å². The van der Waals surface area contributed by atoms with Crippen LogP contribution in [0.1, 0.15) is 5.69 Å². The molecule has 2 aromatic carbocycles. The standard InChI is InChI=1S/C20H12ClF3N4O2/c21-13-3-6-15(7-4-13)28-18(20(22,23)24)17(11-26-28)30-19(29)27-14-5-8-16-12(10-14)2-1-9-25-16/h1-11H,(H,27,29). The summed E-state index contributed by atoms with van der Waals surface area (Å²) >= 11 is 5.78. The molecule has 0 aliphatic rings. The van der Waals surface area contributed by atoms with Gasteiger partial charge in [-0.15, -0.1) is 0 Å². The number of carbonyl (C=O) groups is 1. The number of carbonyl (C=O) groups excluding carboxylic acids is 1. The highest BCUT2D eigenvalue weighted by atomic mass is 35.5. The number of anilines is 1. The van der Waals surface area contributed by atoms with Crippen molar-refractivity contribution in [2.75, 3.05) is 5.32 Å². The topological polar surface area (TPSA) is 69.0 Å². The lowest BCUT2D eigenvalue weighted by atomic mass is 10.2. The Morgan fingerprint density at radius 2 is 1.87 bits per heavy atom. The van der Waals surface area contributed by atoms with E-state index in [0.717, 1.165) is 11.6 Å². The van der Waals surface area contributed by atoms with Crippen molar-refractivity contribution in [3.8, 4) is 11.4 Å². The molecule has 6 nitrogen and oxygen atoms in total. The molecule has 30 heavy (non-hydrogen) atoms. The van der Waals surface area contributed by atoms with E-state index < -0.39 is 23.7 Å². The summed E-state index contributed by atoms with van der Waals surface area (Å²) in [6.07, 6.45) is -3.44. The minimum atomic E-state index is -4.82. The Kier molecular flexibility index (Phi) is 5.04. The molecule has 0 saturated heterocycles. The summed E-state index contributed by atoms with van der Waals surface area (Å²) in [6.45, 7) is 0. The van der Waals surface area contributed by atoms with Crippen LogP contribution < -0.4 is 10.1 Å². The Hall–Kier alpha value is -3.59. The maximum Gasteiger partial charge on any atom is 0.437 e. The van der Waals surface area contributed by atoms with Crippen molar-refractivity contribution >= 4 is 34.3 Å². The summed E-state index contributed by atoms with van der Waals surface area (Å²) in [5.74, 6) is -0.725. The molecule has 0 radical (unpaired) electrons. The summed E-state index contributed by atoms with van der Waals surface area (Å²) in [6, 6.07) is 14.0. The summed E-state index contributed by atoms with van der Waals surface area (Å²) in [4.78, 5) is 16.4. The largest absolute Gasteiger partial charge is 0.437 e. The number of benzene rings is 2. The van der Waals surface area contributed by atoms with Gasteiger partial charge in [0.1, 0.15) is 0 Å². The summed E-state index contributed by atoms with van der Waals surface area (Å²) < 4.78 is 46.5. The molecule has 4 aromatic rings. The molecule has 0 saturated carbocycles. The van der Waals surface area contributed by atoms with E-state index in [-0.39, 0.29) is 5.69 Å². The van der Waals surface area contributed by atoms with Crippen LogP contribution in [0.2, 0.25) is 5.02 Å². The van der Waals surface area contributed by atoms with Crippen molar-refractivity contribution < 1.29 is 22.7 Å². The van der Waals surface area contributed by atoms with Gasteiger partial charge < -0.3 is 4.74 Å². The van der Waals surface area contributed by atoms with Crippen LogP contribution in [0.25, 0.3) is 16.6 Å². The maximum atomic E-state index is 13.7. The average molecular weight is 433 g/mol. The monoisotopic (exact) mass is 432 g/mol. The zero-order valence-electron chi connectivity index (χ0n) is 15.0. The van der Waals surface area contributed by atoms with Crippen molar-refractivity contribution in [1.82, 2.24) is 14.8 Å². The minimum Gasteiger partial charge on any atom is -0.406 e. The van der Waals surface area contributed by atoms with Gasteiger partial charge in [0.25, 0.3) is 0 Å². The highest BCUT2D eigenvalue weighted by Gasteiger charge is 2.40. The Morgan fingerprint density at radius 1 is 1.10 bits per heavy atom. The number of rotatable bonds is 3. The second kappa shape index (κ2) is 7.68. The van der Waals surface area contributed by atoms with Gasteiger partial charge in [-0.2, -0.15) is 18.3 Å².